The second kappa shape index (κ2) is 8.68. The number of amides is 1. The van der Waals surface area contributed by atoms with Gasteiger partial charge in [0.25, 0.3) is 0 Å². The van der Waals surface area contributed by atoms with Gasteiger partial charge in [-0.2, -0.15) is 0 Å². The number of hydrogen-bond donors (Lipinski definition) is 3. The largest absolute Gasteiger partial charge is 0.457 e. The first-order valence-electron chi connectivity index (χ1n) is 10.6. The van der Waals surface area contributed by atoms with Crippen molar-refractivity contribution in [2.75, 3.05) is 29.9 Å². The van der Waals surface area contributed by atoms with Crippen molar-refractivity contribution in [1.82, 2.24) is 15.3 Å². The maximum atomic E-state index is 11.7. The SMILES string of the molecule is O=C1CN(c2cc(Oc3ccc4nc(N[C@@H]5CCCC[C@H]5O)sc4c3)ccn2)CCN1. The Morgan fingerprint density at radius 1 is 1.19 bits per heavy atom. The lowest BCUT2D eigenvalue weighted by atomic mass is 9.93. The summed E-state index contributed by atoms with van der Waals surface area (Å²) in [4.78, 5) is 22.6. The lowest BCUT2D eigenvalue weighted by Gasteiger charge is -2.27. The van der Waals surface area contributed by atoms with Crippen molar-refractivity contribution < 1.29 is 14.6 Å². The fourth-order valence-corrected chi connectivity index (χ4v) is 5.03. The van der Waals surface area contributed by atoms with E-state index in [0.717, 1.165) is 53.4 Å². The zero-order chi connectivity index (χ0) is 21.2. The Bertz CT molecular complexity index is 1090. The van der Waals surface area contributed by atoms with Crippen molar-refractivity contribution in [3.63, 3.8) is 0 Å². The van der Waals surface area contributed by atoms with Crippen LogP contribution in [0.2, 0.25) is 0 Å². The van der Waals surface area contributed by atoms with Gasteiger partial charge in [0.2, 0.25) is 5.91 Å². The first-order chi connectivity index (χ1) is 15.1. The third kappa shape index (κ3) is 4.57. The number of nitrogens with one attached hydrogen (secondary N) is 2. The van der Waals surface area contributed by atoms with Gasteiger partial charge in [-0.25, -0.2) is 9.97 Å². The van der Waals surface area contributed by atoms with Crippen LogP contribution in [0.5, 0.6) is 11.5 Å². The number of anilines is 2. The summed E-state index contributed by atoms with van der Waals surface area (Å²) in [7, 11) is 0. The van der Waals surface area contributed by atoms with Crippen LogP contribution in [0.15, 0.2) is 36.5 Å². The van der Waals surface area contributed by atoms with Crippen LogP contribution >= 0.6 is 11.3 Å². The van der Waals surface area contributed by atoms with Gasteiger partial charge in [-0.15, -0.1) is 0 Å². The number of ether oxygens (including phenoxy) is 1. The molecule has 2 aromatic heterocycles. The molecule has 3 aromatic rings. The van der Waals surface area contributed by atoms with E-state index >= 15 is 0 Å². The minimum Gasteiger partial charge on any atom is -0.457 e. The van der Waals surface area contributed by atoms with Crippen molar-refractivity contribution in [3.05, 3.63) is 36.5 Å². The van der Waals surface area contributed by atoms with Crippen molar-refractivity contribution in [1.29, 1.82) is 0 Å². The van der Waals surface area contributed by atoms with Crippen LogP contribution < -0.4 is 20.3 Å². The van der Waals surface area contributed by atoms with Crippen LogP contribution in [0.1, 0.15) is 25.7 Å². The van der Waals surface area contributed by atoms with Crippen LogP contribution in [-0.2, 0) is 4.79 Å². The molecule has 8 nitrogen and oxygen atoms in total. The quantitative estimate of drug-likeness (QED) is 0.562. The first kappa shape index (κ1) is 20.0. The van der Waals surface area contributed by atoms with Crippen molar-refractivity contribution in [3.8, 4) is 11.5 Å². The van der Waals surface area contributed by atoms with Crippen LogP contribution in [-0.4, -0.2) is 52.8 Å². The number of rotatable bonds is 5. The van der Waals surface area contributed by atoms with E-state index in [0.29, 0.717) is 24.6 Å². The molecule has 2 fully saturated rings. The van der Waals surface area contributed by atoms with E-state index in [1.54, 1.807) is 17.5 Å². The Morgan fingerprint density at radius 3 is 2.94 bits per heavy atom. The fourth-order valence-electron chi connectivity index (χ4n) is 4.07. The molecule has 1 aliphatic carbocycles. The van der Waals surface area contributed by atoms with Gasteiger partial charge in [0.05, 0.1) is 28.9 Å². The van der Waals surface area contributed by atoms with Gasteiger partial charge < -0.3 is 25.4 Å². The Balaban J connectivity index is 1.30. The lowest BCUT2D eigenvalue weighted by molar-refractivity contribution is -0.120. The van der Waals surface area contributed by atoms with E-state index in [1.807, 2.05) is 35.2 Å². The Morgan fingerprint density at radius 2 is 2.06 bits per heavy atom. The molecule has 1 aliphatic heterocycles. The number of benzene rings is 1. The summed E-state index contributed by atoms with van der Waals surface area (Å²) >= 11 is 1.57. The summed E-state index contributed by atoms with van der Waals surface area (Å²) in [5, 5.41) is 17.3. The van der Waals surface area contributed by atoms with E-state index in [-0.39, 0.29) is 18.1 Å². The maximum Gasteiger partial charge on any atom is 0.239 e. The van der Waals surface area contributed by atoms with Gasteiger partial charge in [0.15, 0.2) is 5.13 Å². The third-order valence-corrected chi connectivity index (χ3v) is 6.66. The number of carbonyl (C=O) groups excluding carboxylic acids is 1. The number of carbonyl (C=O) groups is 1. The van der Waals surface area contributed by atoms with E-state index in [2.05, 4.69) is 20.6 Å². The molecule has 1 amide bonds. The van der Waals surface area contributed by atoms with Gasteiger partial charge in [-0.05, 0) is 31.0 Å². The summed E-state index contributed by atoms with van der Waals surface area (Å²) in [6.07, 6.45) is 5.41. The molecule has 31 heavy (non-hydrogen) atoms. The highest BCUT2D eigenvalue weighted by molar-refractivity contribution is 7.22. The monoisotopic (exact) mass is 439 g/mol. The van der Waals surface area contributed by atoms with Crippen molar-refractivity contribution >= 4 is 38.4 Å². The molecule has 5 rings (SSSR count). The van der Waals surface area contributed by atoms with Gasteiger partial charge in [0, 0.05) is 31.4 Å². The van der Waals surface area contributed by atoms with Gasteiger partial charge in [-0.3, -0.25) is 4.79 Å². The summed E-state index contributed by atoms with van der Waals surface area (Å²) < 4.78 is 7.09. The number of thiazole rings is 1. The second-order valence-corrected chi connectivity index (χ2v) is 9.01. The highest BCUT2D eigenvalue weighted by atomic mass is 32.1. The Hall–Kier alpha value is -2.91. The number of fused-ring (bicyclic) bond motifs is 1. The molecule has 1 aromatic carbocycles. The van der Waals surface area contributed by atoms with Crippen LogP contribution in [0.4, 0.5) is 10.9 Å². The number of aliphatic hydroxyl groups excluding tert-OH is 1. The lowest BCUT2D eigenvalue weighted by Crippen LogP contribution is -2.48. The average Bonchev–Trinajstić information content (AvgIpc) is 3.17. The summed E-state index contributed by atoms with van der Waals surface area (Å²) in [5.41, 5.74) is 0.903. The normalized spacial score (nSPS) is 21.7. The number of pyridine rings is 1. The summed E-state index contributed by atoms with van der Waals surface area (Å²) in [6, 6.07) is 9.55. The smallest absolute Gasteiger partial charge is 0.239 e. The Labute approximate surface area is 184 Å². The molecule has 0 radical (unpaired) electrons. The number of piperazine rings is 1. The van der Waals surface area contributed by atoms with E-state index < -0.39 is 0 Å². The third-order valence-electron chi connectivity index (χ3n) is 5.71. The standard InChI is InChI=1S/C22H25N5O3S/c28-18-4-2-1-3-16(18)25-22-26-17-6-5-14(11-19(17)31-22)30-15-7-8-23-20(12-15)27-10-9-24-21(29)13-27/h5-8,11-12,16,18,28H,1-4,9-10,13H2,(H,24,29)(H,25,26)/t16-,18-/m1/s1. The average molecular weight is 440 g/mol. The van der Waals surface area contributed by atoms with Crippen LogP contribution in [0, 0.1) is 0 Å². The molecule has 1 saturated heterocycles. The molecule has 162 valence electrons. The minimum atomic E-state index is -0.313. The molecule has 0 bridgehead atoms. The highest BCUT2D eigenvalue weighted by Crippen LogP contribution is 2.33. The minimum absolute atomic E-state index is 0.000164. The fraction of sp³-hybridized carbons (Fsp3) is 0.409. The van der Waals surface area contributed by atoms with Crippen LogP contribution in [0.3, 0.4) is 0 Å². The van der Waals surface area contributed by atoms with E-state index in [1.165, 1.54) is 0 Å². The molecule has 2 aliphatic rings. The molecule has 3 N–H and O–H groups in total. The molecule has 0 unspecified atom stereocenters. The first-order valence-corrected chi connectivity index (χ1v) is 11.5. The molecule has 9 heteroatoms. The molecular formula is C22H25N5O3S. The van der Waals surface area contributed by atoms with Crippen molar-refractivity contribution in [2.45, 2.75) is 37.8 Å². The molecule has 0 spiro atoms. The van der Waals surface area contributed by atoms with Crippen molar-refractivity contribution in [2.24, 2.45) is 0 Å². The summed E-state index contributed by atoms with van der Waals surface area (Å²) in [5.74, 6) is 2.11. The van der Waals surface area contributed by atoms with Gasteiger partial charge in [0.1, 0.15) is 17.3 Å². The Kier molecular flexibility index (Phi) is 5.61. The zero-order valence-electron chi connectivity index (χ0n) is 17.1. The number of aromatic nitrogens is 2. The number of aliphatic hydroxyl groups is 1. The predicted octanol–water partition coefficient (Wildman–Crippen LogP) is 3.14. The van der Waals surface area contributed by atoms with Gasteiger partial charge in [-0.1, -0.05) is 24.2 Å². The van der Waals surface area contributed by atoms with Gasteiger partial charge >= 0.3 is 0 Å². The molecular weight excluding hydrogens is 414 g/mol. The molecule has 2 atom stereocenters. The zero-order valence-corrected chi connectivity index (χ0v) is 17.9. The topological polar surface area (TPSA) is 99.6 Å². The van der Waals surface area contributed by atoms with Crippen LogP contribution in [0.25, 0.3) is 10.2 Å². The van der Waals surface area contributed by atoms with E-state index in [9.17, 15) is 9.90 Å². The number of nitrogens with zero attached hydrogens (tertiary/aromatic N) is 3. The highest BCUT2D eigenvalue weighted by Gasteiger charge is 2.24. The molecule has 1 saturated carbocycles. The second-order valence-electron chi connectivity index (χ2n) is 7.97. The summed E-state index contributed by atoms with van der Waals surface area (Å²) in [6.45, 7) is 1.64. The maximum absolute atomic E-state index is 11.7. The number of hydrogen-bond acceptors (Lipinski definition) is 8. The molecule has 3 heterocycles. The van der Waals surface area contributed by atoms with E-state index in [4.69, 9.17) is 4.74 Å². The predicted molar refractivity (Wildman–Crippen MR) is 121 cm³/mol.